The van der Waals surface area contributed by atoms with Crippen LogP contribution in [-0.2, 0) is 4.74 Å². The van der Waals surface area contributed by atoms with Crippen molar-refractivity contribution in [1.82, 2.24) is 0 Å². The average Bonchev–Trinajstić information content (AvgIpc) is 3.05. The number of ether oxygens (including phenoxy) is 1. The first-order valence-corrected chi connectivity index (χ1v) is 5.34. The molecule has 0 heterocycles. The van der Waals surface area contributed by atoms with Crippen molar-refractivity contribution in [3.63, 3.8) is 0 Å². The molecule has 1 aromatic rings. The molecule has 0 radical (unpaired) electrons. The number of nitrogens with two attached hydrogens (primary N) is 1. The lowest BCUT2D eigenvalue weighted by Crippen LogP contribution is -2.31. The molecule has 1 aliphatic carbocycles. The zero-order valence-electron chi connectivity index (χ0n) is 9.32. The molecule has 0 bridgehead atoms. The number of benzene rings is 1. The molecular weight excluding hydrogens is 204 g/mol. The normalized spacial score (nSPS) is 16.6. The topological polar surface area (TPSA) is 64.3 Å². The molecule has 0 aromatic heterocycles. The monoisotopic (exact) mass is 220 g/mol. The first-order valence-electron chi connectivity index (χ1n) is 5.34. The van der Waals surface area contributed by atoms with Gasteiger partial charge < -0.3 is 15.8 Å². The Morgan fingerprint density at radius 1 is 1.44 bits per heavy atom. The van der Waals surface area contributed by atoms with Gasteiger partial charge in [0, 0.05) is 17.8 Å². The Bertz CT molecular complexity index is 383. The van der Waals surface area contributed by atoms with Crippen LogP contribution in [0.1, 0.15) is 23.2 Å². The quantitative estimate of drug-likeness (QED) is 0.752. The van der Waals surface area contributed by atoms with Crippen molar-refractivity contribution in [3.8, 4) is 0 Å². The molecule has 0 amide bonds. The van der Waals surface area contributed by atoms with Crippen LogP contribution in [0.5, 0.6) is 0 Å². The van der Waals surface area contributed by atoms with Crippen LogP contribution in [0.2, 0.25) is 0 Å². The second-order valence-electron chi connectivity index (χ2n) is 4.28. The molecule has 4 nitrogen and oxygen atoms in total. The van der Waals surface area contributed by atoms with Crippen LogP contribution >= 0.6 is 0 Å². The van der Waals surface area contributed by atoms with Gasteiger partial charge in [-0.25, -0.2) is 4.79 Å². The number of hydrogen-bond acceptors (Lipinski definition) is 4. The molecule has 1 saturated carbocycles. The highest BCUT2D eigenvalue weighted by Gasteiger charge is 2.37. The van der Waals surface area contributed by atoms with Crippen molar-refractivity contribution < 1.29 is 9.53 Å². The Balaban J connectivity index is 1.93. The summed E-state index contributed by atoms with van der Waals surface area (Å²) < 4.78 is 4.62. The molecule has 0 aliphatic heterocycles. The van der Waals surface area contributed by atoms with Gasteiger partial charge in [-0.05, 0) is 37.1 Å². The van der Waals surface area contributed by atoms with Crippen LogP contribution in [0.15, 0.2) is 24.3 Å². The summed E-state index contributed by atoms with van der Waals surface area (Å²) >= 11 is 0. The lowest BCUT2D eigenvalue weighted by molar-refractivity contribution is 0.0601. The van der Waals surface area contributed by atoms with Crippen molar-refractivity contribution in [2.75, 3.05) is 19.0 Å². The second-order valence-corrected chi connectivity index (χ2v) is 4.28. The van der Waals surface area contributed by atoms with Gasteiger partial charge in [0.15, 0.2) is 0 Å². The molecule has 1 aromatic carbocycles. The highest BCUT2D eigenvalue weighted by atomic mass is 16.5. The van der Waals surface area contributed by atoms with Gasteiger partial charge in [-0.3, -0.25) is 0 Å². The summed E-state index contributed by atoms with van der Waals surface area (Å²) in [6.45, 7) is 0.782. The summed E-state index contributed by atoms with van der Waals surface area (Å²) in [6, 6.07) is 7.20. The number of nitrogens with one attached hydrogen (secondary N) is 1. The smallest absolute Gasteiger partial charge is 0.337 e. The standard InChI is InChI=1S/C12H16N2O2/c1-16-11(15)9-2-4-10(5-3-9)14-8-12(13)6-7-12/h2-5,14H,6-8,13H2,1H3. The number of hydrogen-bond donors (Lipinski definition) is 2. The fourth-order valence-electron chi connectivity index (χ4n) is 1.46. The molecular formula is C12H16N2O2. The van der Waals surface area contributed by atoms with Crippen molar-refractivity contribution in [2.24, 2.45) is 5.73 Å². The third-order valence-electron chi connectivity index (χ3n) is 2.84. The van der Waals surface area contributed by atoms with Crippen LogP contribution in [0, 0.1) is 0 Å². The van der Waals surface area contributed by atoms with E-state index in [0.29, 0.717) is 5.56 Å². The Kier molecular flexibility index (Phi) is 2.83. The van der Waals surface area contributed by atoms with E-state index in [1.54, 1.807) is 12.1 Å². The Morgan fingerprint density at radius 3 is 2.56 bits per heavy atom. The Morgan fingerprint density at radius 2 is 2.06 bits per heavy atom. The van der Waals surface area contributed by atoms with Gasteiger partial charge in [0.05, 0.1) is 12.7 Å². The van der Waals surface area contributed by atoms with E-state index in [4.69, 9.17) is 5.73 Å². The second kappa shape index (κ2) is 4.14. The summed E-state index contributed by atoms with van der Waals surface area (Å²) in [7, 11) is 1.37. The van der Waals surface area contributed by atoms with E-state index in [-0.39, 0.29) is 11.5 Å². The van der Waals surface area contributed by atoms with Crippen LogP contribution in [-0.4, -0.2) is 25.2 Å². The minimum Gasteiger partial charge on any atom is -0.465 e. The van der Waals surface area contributed by atoms with Gasteiger partial charge in [0.2, 0.25) is 0 Å². The maximum absolute atomic E-state index is 11.2. The number of methoxy groups -OCH3 is 1. The van der Waals surface area contributed by atoms with Crippen LogP contribution in [0.4, 0.5) is 5.69 Å². The lowest BCUT2D eigenvalue weighted by Gasteiger charge is -2.11. The fraction of sp³-hybridized carbons (Fsp3) is 0.417. The van der Waals surface area contributed by atoms with Gasteiger partial charge in [-0.1, -0.05) is 0 Å². The van der Waals surface area contributed by atoms with Crippen molar-refractivity contribution in [3.05, 3.63) is 29.8 Å². The van der Waals surface area contributed by atoms with E-state index in [2.05, 4.69) is 10.1 Å². The molecule has 1 aliphatic rings. The summed E-state index contributed by atoms with van der Waals surface area (Å²) in [5, 5.41) is 3.25. The number of carbonyl (C=O) groups is 1. The van der Waals surface area contributed by atoms with E-state index in [0.717, 1.165) is 25.1 Å². The lowest BCUT2D eigenvalue weighted by atomic mass is 10.2. The molecule has 0 atom stereocenters. The molecule has 16 heavy (non-hydrogen) atoms. The third-order valence-corrected chi connectivity index (χ3v) is 2.84. The SMILES string of the molecule is COC(=O)c1ccc(NCC2(N)CC2)cc1. The van der Waals surface area contributed by atoms with Crippen molar-refractivity contribution in [2.45, 2.75) is 18.4 Å². The molecule has 1 fully saturated rings. The maximum atomic E-state index is 11.2. The molecule has 3 N–H and O–H groups in total. The molecule has 0 unspecified atom stereocenters. The highest BCUT2D eigenvalue weighted by molar-refractivity contribution is 5.89. The van der Waals surface area contributed by atoms with E-state index in [1.807, 2.05) is 12.1 Å². The van der Waals surface area contributed by atoms with Crippen LogP contribution in [0.3, 0.4) is 0 Å². The Labute approximate surface area is 94.8 Å². The highest BCUT2D eigenvalue weighted by Crippen LogP contribution is 2.32. The summed E-state index contributed by atoms with van der Waals surface area (Å²) in [4.78, 5) is 11.2. The van der Waals surface area contributed by atoms with Crippen molar-refractivity contribution in [1.29, 1.82) is 0 Å². The third kappa shape index (κ3) is 2.52. The maximum Gasteiger partial charge on any atom is 0.337 e. The zero-order chi connectivity index (χ0) is 11.6. The van der Waals surface area contributed by atoms with Crippen LogP contribution < -0.4 is 11.1 Å². The number of carbonyl (C=O) groups excluding carboxylic acids is 1. The minimum absolute atomic E-state index is 0.0129. The summed E-state index contributed by atoms with van der Waals surface area (Å²) in [5.41, 5.74) is 7.48. The van der Waals surface area contributed by atoms with Gasteiger partial charge in [0.25, 0.3) is 0 Å². The van der Waals surface area contributed by atoms with Gasteiger partial charge in [-0.2, -0.15) is 0 Å². The molecule has 0 spiro atoms. The van der Waals surface area contributed by atoms with E-state index < -0.39 is 0 Å². The Hall–Kier alpha value is -1.55. The van der Waals surface area contributed by atoms with E-state index in [9.17, 15) is 4.79 Å². The van der Waals surface area contributed by atoms with E-state index >= 15 is 0 Å². The zero-order valence-corrected chi connectivity index (χ0v) is 9.32. The minimum atomic E-state index is -0.316. The van der Waals surface area contributed by atoms with Gasteiger partial charge >= 0.3 is 5.97 Å². The first-order chi connectivity index (χ1) is 7.63. The van der Waals surface area contributed by atoms with E-state index in [1.165, 1.54) is 7.11 Å². The van der Waals surface area contributed by atoms with Crippen LogP contribution in [0.25, 0.3) is 0 Å². The molecule has 4 heteroatoms. The fourth-order valence-corrected chi connectivity index (χ4v) is 1.46. The number of rotatable bonds is 4. The number of anilines is 1. The average molecular weight is 220 g/mol. The van der Waals surface area contributed by atoms with Crippen molar-refractivity contribution >= 4 is 11.7 Å². The first kappa shape index (κ1) is 11.0. The molecule has 0 saturated heterocycles. The molecule has 2 rings (SSSR count). The summed E-state index contributed by atoms with van der Waals surface area (Å²) in [6.07, 6.45) is 2.17. The number of esters is 1. The van der Waals surface area contributed by atoms with Gasteiger partial charge in [0.1, 0.15) is 0 Å². The summed E-state index contributed by atoms with van der Waals surface area (Å²) in [5.74, 6) is -0.316. The predicted molar refractivity (Wildman–Crippen MR) is 62.4 cm³/mol. The largest absolute Gasteiger partial charge is 0.465 e. The van der Waals surface area contributed by atoms with Gasteiger partial charge in [-0.15, -0.1) is 0 Å². The predicted octanol–water partition coefficient (Wildman–Crippen LogP) is 1.38. The molecule has 86 valence electrons.